The smallest absolute Gasteiger partial charge is 0.191 e. The van der Waals surface area contributed by atoms with Crippen molar-refractivity contribution in [2.45, 2.75) is 31.9 Å². The minimum atomic E-state index is 0. The third kappa shape index (κ3) is 8.30. The lowest BCUT2D eigenvalue weighted by atomic mass is 10.0. The Labute approximate surface area is 197 Å². The zero-order valence-electron chi connectivity index (χ0n) is 18.3. The lowest BCUT2D eigenvalue weighted by molar-refractivity contribution is 0.0170. The number of morpholine rings is 1. The van der Waals surface area contributed by atoms with Gasteiger partial charge in [0.2, 0.25) is 0 Å². The first kappa shape index (κ1) is 25.3. The molecular formula is C22H37IN4O3. The molecule has 2 N–H and O–H groups in total. The van der Waals surface area contributed by atoms with Gasteiger partial charge in [-0.1, -0.05) is 29.8 Å². The number of rotatable bonds is 9. The largest absolute Gasteiger partial charge is 0.379 e. The zero-order chi connectivity index (χ0) is 20.3. The molecular weight excluding hydrogens is 495 g/mol. The van der Waals surface area contributed by atoms with E-state index in [-0.39, 0.29) is 30.1 Å². The molecule has 0 radical (unpaired) electrons. The second kappa shape index (κ2) is 14.2. The highest BCUT2D eigenvalue weighted by molar-refractivity contribution is 14.0. The van der Waals surface area contributed by atoms with E-state index >= 15 is 0 Å². The molecule has 2 atom stereocenters. The summed E-state index contributed by atoms with van der Waals surface area (Å²) in [6.07, 6.45) is 2.23. The highest BCUT2D eigenvalue weighted by Gasteiger charge is 2.23. The molecule has 2 heterocycles. The molecule has 2 fully saturated rings. The maximum atomic E-state index is 5.82. The summed E-state index contributed by atoms with van der Waals surface area (Å²) in [5, 5.41) is 6.91. The summed E-state index contributed by atoms with van der Waals surface area (Å²) in [5.41, 5.74) is 2.62. The van der Waals surface area contributed by atoms with Gasteiger partial charge in [0.15, 0.2) is 5.96 Å². The van der Waals surface area contributed by atoms with E-state index in [0.717, 1.165) is 78.0 Å². The fraction of sp³-hybridized carbons (Fsp3) is 0.682. The Balaban J connectivity index is 0.00000320. The van der Waals surface area contributed by atoms with Crippen LogP contribution in [0.1, 0.15) is 30.0 Å². The van der Waals surface area contributed by atoms with Crippen LogP contribution in [0.15, 0.2) is 29.3 Å². The minimum absolute atomic E-state index is 0. The van der Waals surface area contributed by atoms with Crippen LogP contribution in [-0.2, 0) is 14.2 Å². The molecule has 0 bridgehead atoms. The number of aryl methyl sites for hydroxylation is 1. The number of hydrogen-bond acceptors (Lipinski definition) is 5. The van der Waals surface area contributed by atoms with Crippen molar-refractivity contribution >= 4 is 29.9 Å². The fourth-order valence-corrected chi connectivity index (χ4v) is 3.81. The van der Waals surface area contributed by atoms with Crippen LogP contribution in [-0.4, -0.2) is 83.2 Å². The lowest BCUT2D eigenvalue weighted by Gasteiger charge is -2.35. The predicted octanol–water partition coefficient (Wildman–Crippen LogP) is 2.35. The number of halogens is 1. The monoisotopic (exact) mass is 532 g/mol. The number of nitrogens with zero attached hydrogens (tertiary/aromatic N) is 2. The van der Waals surface area contributed by atoms with Crippen LogP contribution in [0.5, 0.6) is 0 Å². The average molecular weight is 532 g/mol. The van der Waals surface area contributed by atoms with E-state index in [1.807, 2.05) is 7.05 Å². The third-order valence-electron chi connectivity index (χ3n) is 5.45. The van der Waals surface area contributed by atoms with Gasteiger partial charge in [-0.2, -0.15) is 0 Å². The molecule has 3 rings (SSSR count). The standard InChI is InChI=1S/C22H36N4O3.HI/c1-18-5-3-6-19(15-18)21(26-9-13-27-14-10-26)16-25-22(23-2)24-8-4-11-29-20-7-12-28-17-20;/h3,5-6,15,20-21H,4,7-14,16-17H2,1-2H3,(H2,23,24,25);1H. The van der Waals surface area contributed by atoms with Crippen molar-refractivity contribution in [3.63, 3.8) is 0 Å². The Kier molecular flexibility index (Phi) is 12.0. The molecule has 1 aromatic carbocycles. The predicted molar refractivity (Wildman–Crippen MR) is 131 cm³/mol. The molecule has 2 aliphatic rings. The summed E-state index contributed by atoms with van der Waals surface area (Å²) in [7, 11) is 1.82. The van der Waals surface area contributed by atoms with Crippen LogP contribution >= 0.6 is 24.0 Å². The molecule has 0 spiro atoms. The molecule has 2 saturated heterocycles. The van der Waals surface area contributed by atoms with Gasteiger partial charge in [0.1, 0.15) is 0 Å². The molecule has 30 heavy (non-hydrogen) atoms. The van der Waals surface area contributed by atoms with Crippen LogP contribution in [0.4, 0.5) is 0 Å². The molecule has 0 aromatic heterocycles. The van der Waals surface area contributed by atoms with Crippen molar-refractivity contribution < 1.29 is 14.2 Å². The molecule has 0 amide bonds. The third-order valence-corrected chi connectivity index (χ3v) is 5.45. The van der Waals surface area contributed by atoms with E-state index < -0.39 is 0 Å². The van der Waals surface area contributed by atoms with Crippen LogP contribution in [0.25, 0.3) is 0 Å². The number of hydrogen-bond donors (Lipinski definition) is 2. The Morgan fingerprint density at radius 1 is 1.23 bits per heavy atom. The number of benzene rings is 1. The highest BCUT2D eigenvalue weighted by Crippen LogP contribution is 2.22. The van der Waals surface area contributed by atoms with E-state index in [1.54, 1.807) is 0 Å². The average Bonchev–Trinajstić information content (AvgIpc) is 3.26. The van der Waals surface area contributed by atoms with Gasteiger partial charge in [-0.3, -0.25) is 9.89 Å². The summed E-state index contributed by atoms with van der Waals surface area (Å²) >= 11 is 0. The quantitative estimate of drug-likeness (QED) is 0.220. The van der Waals surface area contributed by atoms with E-state index in [1.165, 1.54) is 11.1 Å². The molecule has 2 unspecified atom stereocenters. The molecule has 7 nitrogen and oxygen atoms in total. The van der Waals surface area contributed by atoms with Gasteiger partial charge in [-0.25, -0.2) is 0 Å². The second-order valence-electron chi connectivity index (χ2n) is 7.67. The van der Waals surface area contributed by atoms with E-state index in [2.05, 4.69) is 51.7 Å². The van der Waals surface area contributed by atoms with E-state index in [9.17, 15) is 0 Å². The number of ether oxygens (including phenoxy) is 3. The van der Waals surface area contributed by atoms with Gasteiger partial charge in [0.05, 0.1) is 32.0 Å². The van der Waals surface area contributed by atoms with Crippen LogP contribution in [0.2, 0.25) is 0 Å². The molecule has 0 aliphatic carbocycles. The van der Waals surface area contributed by atoms with Gasteiger partial charge in [-0.05, 0) is 25.3 Å². The van der Waals surface area contributed by atoms with Gasteiger partial charge in [-0.15, -0.1) is 24.0 Å². The molecule has 1 aromatic rings. The summed E-state index contributed by atoms with van der Waals surface area (Å²) in [5.74, 6) is 0.833. The van der Waals surface area contributed by atoms with Gasteiger partial charge < -0.3 is 24.8 Å². The Bertz CT molecular complexity index is 635. The SMILES string of the molecule is CN=C(NCCCOC1CCOC1)NCC(c1cccc(C)c1)N1CCOCC1.I. The van der Waals surface area contributed by atoms with Crippen molar-refractivity contribution in [3.05, 3.63) is 35.4 Å². The van der Waals surface area contributed by atoms with Gasteiger partial charge in [0, 0.05) is 46.4 Å². The van der Waals surface area contributed by atoms with Crippen LogP contribution in [0.3, 0.4) is 0 Å². The van der Waals surface area contributed by atoms with Crippen LogP contribution in [0, 0.1) is 6.92 Å². The Morgan fingerprint density at radius 2 is 2.07 bits per heavy atom. The maximum Gasteiger partial charge on any atom is 0.191 e. The number of guanidine groups is 1. The first-order valence-electron chi connectivity index (χ1n) is 10.8. The second-order valence-corrected chi connectivity index (χ2v) is 7.67. The molecule has 2 aliphatic heterocycles. The summed E-state index contributed by atoms with van der Waals surface area (Å²) in [6, 6.07) is 9.08. The van der Waals surface area contributed by atoms with Crippen molar-refractivity contribution in [2.75, 3.05) is 66.3 Å². The first-order valence-corrected chi connectivity index (χ1v) is 10.8. The van der Waals surface area contributed by atoms with Crippen molar-refractivity contribution in [1.82, 2.24) is 15.5 Å². The summed E-state index contributed by atoms with van der Waals surface area (Å²) < 4.78 is 16.7. The molecule has 0 saturated carbocycles. The van der Waals surface area contributed by atoms with Gasteiger partial charge in [0.25, 0.3) is 0 Å². The van der Waals surface area contributed by atoms with Crippen LogP contribution < -0.4 is 10.6 Å². The zero-order valence-corrected chi connectivity index (χ0v) is 20.6. The summed E-state index contributed by atoms with van der Waals surface area (Å²) in [6.45, 7) is 9.58. The lowest BCUT2D eigenvalue weighted by Crippen LogP contribution is -2.46. The van der Waals surface area contributed by atoms with E-state index in [0.29, 0.717) is 6.04 Å². The summed E-state index contributed by atoms with van der Waals surface area (Å²) in [4.78, 5) is 6.88. The molecule has 170 valence electrons. The van der Waals surface area contributed by atoms with Gasteiger partial charge >= 0.3 is 0 Å². The van der Waals surface area contributed by atoms with Crippen molar-refractivity contribution in [1.29, 1.82) is 0 Å². The van der Waals surface area contributed by atoms with Crippen molar-refractivity contribution in [3.8, 4) is 0 Å². The molecule has 8 heteroatoms. The number of nitrogens with one attached hydrogen (secondary N) is 2. The van der Waals surface area contributed by atoms with E-state index in [4.69, 9.17) is 14.2 Å². The van der Waals surface area contributed by atoms with Crippen molar-refractivity contribution in [2.24, 2.45) is 4.99 Å². The Hall–Kier alpha value is -0.940. The maximum absolute atomic E-state index is 5.82. The normalized spacial score (nSPS) is 21.1. The Morgan fingerprint density at radius 3 is 2.77 bits per heavy atom. The first-order chi connectivity index (χ1) is 14.3. The fourth-order valence-electron chi connectivity index (χ4n) is 3.81. The number of aliphatic imine (C=N–C) groups is 1. The minimum Gasteiger partial charge on any atom is -0.379 e. The highest BCUT2D eigenvalue weighted by atomic mass is 127. The topological polar surface area (TPSA) is 67.4 Å².